The van der Waals surface area contributed by atoms with Gasteiger partial charge in [0.05, 0.1) is 0 Å². The molecule has 1 saturated heterocycles. The summed E-state index contributed by atoms with van der Waals surface area (Å²) in [7, 11) is 0. The van der Waals surface area contributed by atoms with Crippen molar-refractivity contribution in [3.63, 3.8) is 0 Å². The lowest BCUT2D eigenvalue weighted by Gasteiger charge is -2.26. The molecule has 0 saturated carbocycles. The Morgan fingerprint density at radius 3 is 2.43 bits per heavy atom. The molecule has 0 radical (unpaired) electrons. The van der Waals surface area contributed by atoms with E-state index in [4.69, 9.17) is 5.73 Å². The van der Waals surface area contributed by atoms with Gasteiger partial charge in [0, 0.05) is 23.6 Å². The molecule has 0 aromatic rings. The van der Waals surface area contributed by atoms with Crippen LogP contribution in [0.1, 0.15) is 33.1 Å². The molecule has 0 amide bonds. The predicted molar refractivity (Wildman–Crippen MR) is 65.9 cm³/mol. The maximum absolute atomic E-state index is 5.92. The van der Waals surface area contributed by atoms with Crippen LogP contribution in [0, 0.1) is 0 Å². The normalized spacial score (nSPS) is 19.9. The molecule has 0 aromatic carbocycles. The smallest absolute Gasteiger partial charge is 0.0188 e. The van der Waals surface area contributed by atoms with Crippen molar-refractivity contribution in [3.05, 3.63) is 0 Å². The zero-order valence-electron chi connectivity index (χ0n) is 9.59. The molecule has 0 spiro atoms. The Labute approximate surface area is 92.6 Å². The van der Waals surface area contributed by atoms with Gasteiger partial charge < -0.3 is 10.6 Å². The van der Waals surface area contributed by atoms with Crippen LogP contribution in [-0.2, 0) is 0 Å². The van der Waals surface area contributed by atoms with Crippen molar-refractivity contribution in [3.8, 4) is 0 Å². The summed E-state index contributed by atoms with van der Waals surface area (Å²) in [6.45, 7) is 8.07. The Kier molecular flexibility index (Phi) is 5.28. The fourth-order valence-electron chi connectivity index (χ4n) is 1.71. The third-order valence-corrected chi connectivity index (χ3v) is 3.89. The third-order valence-electron chi connectivity index (χ3n) is 2.47. The van der Waals surface area contributed by atoms with Gasteiger partial charge in [0.1, 0.15) is 0 Å². The van der Waals surface area contributed by atoms with E-state index < -0.39 is 0 Å². The van der Waals surface area contributed by atoms with E-state index in [2.05, 4.69) is 18.7 Å². The number of thioether (sulfide) groups is 1. The van der Waals surface area contributed by atoms with E-state index in [1.54, 1.807) is 0 Å². The first-order valence-corrected chi connectivity index (χ1v) is 6.82. The number of hydrogen-bond acceptors (Lipinski definition) is 3. The molecule has 1 fully saturated rings. The molecule has 14 heavy (non-hydrogen) atoms. The van der Waals surface area contributed by atoms with Crippen LogP contribution in [0.5, 0.6) is 0 Å². The van der Waals surface area contributed by atoms with Gasteiger partial charge in [-0.15, -0.1) is 0 Å². The van der Waals surface area contributed by atoms with Crippen LogP contribution in [0.4, 0.5) is 0 Å². The van der Waals surface area contributed by atoms with E-state index in [-0.39, 0.29) is 5.54 Å². The van der Waals surface area contributed by atoms with E-state index in [1.807, 2.05) is 11.8 Å². The molecule has 2 N–H and O–H groups in total. The van der Waals surface area contributed by atoms with Crippen molar-refractivity contribution in [1.29, 1.82) is 0 Å². The standard InChI is InChI=1S/C11H24N2S/c1-11(2,12)10-14-9-8-13-6-4-3-5-7-13/h3-10,12H2,1-2H3. The van der Waals surface area contributed by atoms with Crippen LogP contribution in [0.2, 0.25) is 0 Å². The Morgan fingerprint density at radius 1 is 1.21 bits per heavy atom. The van der Waals surface area contributed by atoms with Gasteiger partial charge in [-0.05, 0) is 39.8 Å². The Hall–Kier alpha value is 0.270. The summed E-state index contributed by atoms with van der Waals surface area (Å²) in [5.74, 6) is 2.31. The molecule has 3 heteroatoms. The lowest BCUT2D eigenvalue weighted by molar-refractivity contribution is 0.242. The highest BCUT2D eigenvalue weighted by Gasteiger charge is 2.12. The summed E-state index contributed by atoms with van der Waals surface area (Å²) in [6.07, 6.45) is 4.22. The molecule has 1 aliphatic heterocycles. The Balaban J connectivity index is 1.97. The number of likely N-dealkylation sites (tertiary alicyclic amines) is 1. The van der Waals surface area contributed by atoms with Gasteiger partial charge in [-0.2, -0.15) is 11.8 Å². The molecule has 0 aromatic heterocycles. The monoisotopic (exact) mass is 216 g/mol. The molecule has 0 aliphatic carbocycles. The zero-order valence-corrected chi connectivity index (χ0v) is 10.4. The lowest BCUT2D eigenvalue weighted by atomic mass is 10.1. The predicted octanol–water partition coefficient (Wildman–Crippen LogP) is 1.94. The van der Waals surface area contributed by atoms with E-state index >= 15 is 0 Å². The van der Waals surface area contributed by atoms with Gasteiger partial charge in [-0.1, -0.05) is 6.42 Å². The number of rotatable bonds is 5. The van der Waals surface area contributed by atoms with E-state index in [0.717, 1.165) is 5.75 Å². The largest absolute Gasteiger partial charge is 0.325 e. The van der Waals surface area contributed by atoms with Crippen molar-refractivity contribution in [2.45, 2.75) is 38.6 Å². The maximum Gasteiger partial charge on any atom is 0.0188 e. The van der Waals surface area contributed by atoms with Gasteiger partial charge in [-0.3, -0.25) is 0 Å². The maximum atomic E-state index is 5.92. The van der Waals surface area contributed by atoms with E-state index in [9.17, 15) is 0 Å². The Bertz CT molecular complexity index is 148. The highest BCUT2D eigenvalue weighted by Crippen LogP contribution is 2.12. The molecule has 84 valence electrons. The van der Waals surface area contributed by atoms with E-state index in [1.165, 1.54) is 44.6 Å². The van der Waals surface area contributed by atoms with Crippen LogP contribution >= 0.6 is 11.8 Å². The van der Waals surface area contributed by atoms with Crippen LogP contribution in [0.15, 0.2) is 0 Å². The quantitative estimate of drug-likeness (QED) is 0.712. The minimum Gasteiger partial charge on any atom is -0.325 e. The highest BCUT2D eigenvalue weighted by atomic mass is 32.2. The van der Waals surface area contributed by atoms with Crippen LogP contribution in [0.3, 0.4) is 0 Å². The van der Waals surface area contributed by atoms with Gasteiger partial charge in [0.25, 0.3) is 0 Å². The van der Waals surface area contributed by atoms with Gasteiger partial charge in [0.15, 0.2) is 0 Å². The first kappa shape index (κ1) is 12.3. The minimum atomic E-state index is -0.00738. The number of nitrogens with zero attached hydrogens (tertiary/aromatic N) is 1. The van der Waals surface area contributed by atoms with Crippen LogP contribution in [-0.4, -0.2) is 41.6 Å². The topological polar surface area (TPSA) is 29.3 Å². The van der Waals surface area contributed by atoms with Crippen LogP contribution in [0.25, 0.3) is 0 Å². The fraction of sp³-hybridized carbons (Fsp3) is 1.00. The first-order chi connectivity index (χ1) is 6.58. The molecular weight excluding hydrogens is 192 g/mol. The number of hydrogen-bond donors (Lipinski definition) is 1. The van der Waals surface area contributed by atoms with E-state index in [0.29, 0.717) is 0 Å². The second-order valence-corrected chi connectivity index (χ2v) is 6.05. The third kappa shape index (κ3) is 5.89. The van der Waals surface area contributed by atoms with Crippen molar-refractivity contribution < 1.29 is 0 Å². The summed E-state index contributed by atoms with van der Waals surface area (Å²) in [5.41, 5.74) is 5.91. The van der Waals surface area contributed by atoms with Gasteiger partial charge >= 0.3 is 0 Å². The summed E-state index contributed by atoms with van der Waals surface area (Å²) in [6, 6.07) is 0. The van der Waals surface area contributed by atoms with Crippen molar-refractivity contribution in [2.24, 2.45) is 5.73 Å². The second-order valence-electron chi connectivity index (χ2n) is 4.94. The van der Waals surface area contributed by atoms with Crippen LogP contribution < -0.4 is 5.73 Å². The molecule has 0 bridgehead atoms. The second kappa shape index (κ2) is 5.99. The lowest BCUT2D eigenvalue weighted by Crippen LogP contribution is -2.36. The van der Waals surface area contributed by atoms with Crippen molar-refractivity contribution >= 4 is 11.8 Å². The first-order valence-electron chi connectivity index (χ1n) is 5.67. The molecule has 1 heterocycles. The highest BCUT2D eigenvalue weighted by molar-refractivity contribution is 7.99. The number of piperidine rings is 1. The summed E-state index contributed by atoms with van der Waals surface area (Å²) >= 11 is 1.99. The summed E-state index contributed by atoms with van der Waals surface area (Å²) < 4.78 is 0. The summed E-state index contributed by atoms with van der Waals surface area (Å²) in [5, 5.41) is 0. The number of nitrogens with two attached hydrogens (primary N) is 1. The molecule has 0 unspecified atom stereocenters. The Morgan fingerprint density at radius 2 is 1.86 bits per heavy atom. The van der Waals surface area contributed by atoms with Gasteiger partial charge in [0.2, 0.25) is 0 Å². The van der Waals surface area contributed by atoms with Crippen molar-refractivity contribution in [2.75, 3.05) is 31.1 Å². The summed E-state index contributed by atoms with van der Waals surface area (Å²) in [4.78, 5) is 2.58. The molecule has 1 rings (SSSR count). The molecular formula is C11H24N2S. The SMILES string of the molecule is CC(C)(N)CSCCN1CCCCC1. The minimum absolute atomic E-state index is 0.00738. The molecule has 0 atom stereocenters. The average Bonchev–Trinajstić information content (AvgIpc) is 2.13. The zero-order chi connectivity index (χ0) is 10.4. The van der Waals surface area contributed by atoms with Gasteiger partial charge in [-0.25, -0.2) is 0 Å². The molecule has 2 nitrogen and oxygen atoms in total. The van der Waals surface area contributed by atoms with Crippen molar-refractivity contribution in [1.82, 2.24) is 4.90 Å². The molecule has 1 aliphatic rings. The fourth-order valence-corrected chi connectivity index (χ4v) is 2.77. The average molecular weight is 216 g/mol.